The third-order valence-corrected chi connectivity index (χ3v) is 20.6. The van der Waals surface area contributed by atoms with Crippen LogP contribution in [-0.2, 0) is 70.1 Å². The average Bonchev–Trinajstić information content (AvgIpc) is 1.66. The number of likely N-dealkylation sites (tertiary alicyclic amines) is 1. The van der Waals surface area contributed by atoms with Crippen LogP contribution < -0.4 is 21.3 Å². The van der Waals surface area contributed by atoms with Crippen molar-refractivity contribution in [2.75, 3.05) is 81.6 Å². The number of rotatable bonds is 12. The smallest absolute Gasteiger partial charge is 0.343 e. The molecular formula is C70H108F4N12O12. The van der Waals surface area contributed by atoms with Crippen LogP contribution in [0.15, 0.2) is 18.2 Å². The molecule has 2 saturated carbocycles. The third-order valence-electron chi connectivity index (χ3n) is 20.6. The van der Waals surface area contributed by atoms with Gasteiger partial charge in [0.1, 0.15) is 53.6 Å². The molecule has 24 nitrogen and oxygen atoms in total. The van der Waals surface area contributed by atoms with Crippen molar-refractivity contribution >= 4 is 70.9 Å². The second-order valence-electron chi connectivity index (χ2n) is 29.1. The molecule has 28 heteroatoms. The van der Waals surface area contributed by atoms with Gasteiger partial charge in [0, 0.05) is 61.9 Å². The average molecular weight is 1390 g/mol. The van der Waals surface area contributed by atoms with E-state index in [2.05, 4.69) is 21.3 Å². The summed E-state index contributed by atoms with van der Waals surface area (Å²) in [5.41, 5.74) is -3.05. The largest absolute Gasteiger partial charge is 0.419 e. The number of hydrogen-bond donors (Lipinski definition) is 4. The fraction of sp³-hybridized carbons (Fsp3) is 0.743. The Morgan fingerprint density at radius 2 is 1.17 bits per heavy atom. The summed E-state index contributed by atoms with van der Waals surface area (Å²) in [5.74, 6) is -10.7. The topological polar surface area (TPSA) is 279 Å². The van der Waals surface area contributed by atoms with Crippen LogP contribution in [0.4, 0.5) is 17.6 Å². The minimum atomic E-state index is -5.00. The van der Waals surface area contributed by atoms with Crippen molar-refractivity contribution in [2.24, 2.45) is 23.7 Å². The fourth-order valence-electron chi connectivity index (χ4n) is 14.4. The van der Waals surface area contributed by atoms with E-state index in [-0.39, 0.29) is 81.2 Å². The van der Waals surface area contributed by atoms with E-state index in [0.29, 0.717) is 63.7 Å². The van der Waals surface area contributed by atoms with Gasteiger partial charge in [0.2, 0.25) is 70.9 Å². The summed E-state index contributed by atoms with van der Waals surface area (Å²) in [4.78, 5) is 187. The Bertz CT molecular complexity index is 3020. The molecule has 0 bridgehead atoms. The summed E-state index contributed by atoms with van der Waals surface area (Å²) >= 11 is 0. The number of aryl methyl sites for hydroxylation is 1. The quantitative estimate of drug-likeness (QED) is 0.201. The Labute approximate surface area is 575 Å². The summed E-state index contributed by atoms with van der Waals surface area (Å²) in [7, 11) is 8.34. The standard InChI is InChI=1S/C70H108F4N12O12/c1-13-45(6)60-67(97)81(9)41-58(89)79(7)42-59(90)83(11)55(38-46-23-16-14-17-24-46)66(96)80(8)40-56(87)75-50(29-27-47-26-28-48(49(71)37-47)70(72,73)74)65(95)86-34-22-25-52(86)63(93)78-69(30-18-19-31-69)68(98)84(12)54(36-44(4)5)61(91)76-51(64(94)85-32-20-15-21-33-85)39-57(88)82(10)53(35-43(2)3)62(92)77-60/h26,28,37,43-46,50-55,60H,13-25,27,29-36,38-42H2,1-12H3,(H,75,87)(H,76,91)(H,77,92)(H,78,93)/t45-,50-,51-,52?,53-,54-,55-,60-/m0/s1. The van der Waals surface area contributed by atoms with Crippen LogP contribution in [0.5, 0.6) is 0 Å². The molecule has 8 atom stereocenters. The van der Waals surface area contributed by atoms with Gasteiger partial charge in [-0.2, -0.15) is 13.2 Å². The summed E-state index contributed by atoms with van der Waals surface area (Å²) in [5, 5.41) is 11.4. The highest BCUT2D eigenvalue weighted by Crippen LogP contribution is 2.36. The minimum absolute atomic E-state index is 0.00128. The highest BCUT2D eigenvalue weighted by molar-refractivity contribution is 6.00. The number of carbonyl (C=O) groups excluding carboxylic acids is 12. The summed E-state index contributed by atoms with van der Waals surface area (Å²) in [6.07, 6.45) is 2.74. The molecule has 2 aliphatic carbocycles. The van der Waals surface area contributed by atoms with Crippen LogP contribution in [0.2, 0.25) is 0 Å². The van der Waals surface area contributed by atoms with Crippen molar-refractivity contribution in [3.8, 4) is 0 Å². The third kappa shape index (κ3) is 20.8. The predicted octanol–water partition coefficient (Wildman–Crippen LogP) is 5.03. The zero-order chi connectivity index (χ0) is 72.7. The highest BCUT2D eigenvalue weighted by atomic mass is 19.4. The van der Waals surface area contributed by atoms with Gasteiger partial charge < -0.3 is 60.5 Å². The van der Waals surface area contributed by atoms with Crippen LogP contribution in [0.3, 0.4) is 0 Å². The normalized spacial score (nSPS) is 26.1. The van der Waals surface area contributed by atoms with E-state index in [1.807, 2.05) is 34.6 Å². The second kappa shape index (κ2) is 35.6. The maximum atomic E-state index is 15.4. The van der Waals surface area contributed by atoms with Gasteiger partial charge in [0.05, 0.1) is 31.6 Å². The summed E-state index contributed by atoms with van der Waals surface area (Å²) < 4.78 is 56.1. The Morgan fingerprint density at radius 3 is 1.77 bits per heavy atom. The van der Waals surface area contributed by atoms with E-state index in [1.165, 1.54) is 61.9 Å². The monoisotopic (exact) mass is 1380 g/mol. The first kappa shape index (κ1) is 79.6. The maximum Gasteiger partial charge on any atom is 0.419 e. The second-order valence-corrected chi connectivity index (χ2v) is 29.1. The SMILES string of the molecule is CC[C@H](C)[C@@H]1NC(=O)[C@H](CC(C)C)N(C)C(=O)C[C@@H](C(=O)N2CCCCC2)NC(=O)[C@H](CC(C)C)N(C)C(=O)C2(CCCC2)NC(=O)C2CCCN2C(=O)[C@H](CCc2ccc(C(F)(F)F)c(F)c2)NC(=O)CN(C)C(=O)[C@H](CC2CCCCC2)N(C)C(=O)CN(C)C(=O)CN(C)C1=O. The van der Waals surface area contributed by atoms with E-state index in [0.717, 1.165) is 59.3 Å². The molecule has 0 radical (unpaired) electrons. The van der Waals surface area contributed by atoms with Gasteiger partial charge in [-0.05, 0) is 118 Å². The van der Waals surface area contributed by atoms with Crippen molar-refractivity contribution in [3.63, 3.8) is 0 Å². The van der Waals surface area contributed by atoms with Crippen molar-refractivity contribution < 1.29 is 75.1 Å². The lowest BCUT2D eigenvalue weighted by Gasteiger charge is -2.39. The number of nitrogens with zero attached hydrogens (tertiary/aromatic N) is 8. The van der Waals surface area contributed by atoms with Crippen molar-refractivity contribution in [1.82, 2.24) is 60.5 Å². The van der Waals surface area contributed by atoms with E-state index >= 15 is 18.8 Å². The number of likely N-dealkylation sites (N-methyl/N-ethyl adjacent to an activating group) is 6. The van der Waals surface area contributed by atoms with E-state index in [1.54, 1.807) is 11.8 Å². The lowest BCUT2D eigenvalue weighted by Crippen LogP contribution is -2.64. The number of carbonyl (C=O) groups is 12. The maximum absolute atomic E-state index is 15.4. The Hall–Kier alpha value is -7.42. The first-order valence-corrected chi connectivity index (χ1v) is 35.3. The molecular weight excluding hydrogens is 1280 g/mol. The summed E-state index contributed by atoms with van der Waals surface area (Å²) in [6.45, 7) is 9.90. The van der Waals surface area contributed by atoms with E-state index < -0.39 is 168 Å². The van der Waals surface area contributed by atoms with Gasteiger partial charge in [-0.15, -0.1) is 0 Å². The van der Waals surface area contributed by atoms with Gasteiger partial charge in [0.15, 0.2) is 0 Å². The van der Waals surface area contributed by atoms with Crippen molar-refractivity contribution in [2.45, 2.75) is 230 Å². The van der Waals surface area contributed by atoms with Gasteiger partial charge in [-0.25, -0.2) is 4.39 Å². The van der Waals surface area contributed by atoms with Gasteiger partial charge in [-0.3, -0.25) is 57.5 Å². The van der Waals surface area contributed by atoms with Crippen LogP contribution >= 0.6 is 0 Å². The van der Waals surface area contributed by atoms with Crippen LogP contribution in [0.1, 0.15) is 181 Å². The molecule has 5 fully saturated rings. The minimum Gasteiger partial charge on any atom is -0.343 e. The number of benzene rings is 1. The first-order chi connectivity index (χ1) is 46.1. The van der Waals surface area contributed by atoms with E-state index in [4.69, 9.17) is 0 Å². The molecule has 6 rings (SSSR count). The van der Waals surface area contributed by atoms with Crippen LogP contribution in [0.25, 0.3) is 0 Å². The Morgan fingerprint density at radius 1 is 0.602 bits per heavy atom. The Balaban J connectivity index is 1.41. The van der Waals surface area contributed by atoms with Gasteiger partial charge >= 0.3 is 6.18 Å². The number of amides is 12. The van der Waals surface area contributed by atoms with Crippen molar-refractivity contribution in [3.05, 3.63) is 35.1 Å². The van der Waals surface area contributed by atoms with Gasteiger partial charge in [-0.1, -0.05) is 99.0 Å². The molecule has 4 N–H and O–H groups in total. The number of alkyl halides is 3. The molecule has 3 saturated heterocycles. The molecule has 548 valence electrons. The molecule has 1 unspecified atom stereocenters. The zero-order valence-electron chi connectivity index (χ0n) is 59.7. The highest BCUT2D eigenvalue weighted by Gasteiger charge is 2.50. The molecule has 0 aromatic heterocycles. The van der Waals surface area contributed by atoms with Crippen molar-refractivity contribution in [1.29, 1.82) is 0 Å². The molecule has 12 amide bonds. The summed E-state index contributed by atoms with van der Waals surface area (Å²) in [6, 6.07) is -6.71. The Kier molecular flexibility index (Phi) is 28.9. The number of hydrogen-bond acceptors (Lipinski definition) is 12. The fourth-order valence-corrected chi connectivity index (χ4v) is 14.4. The number of piperidine rings is 1. The zero-order valence-corrected chi connectivity index (χ0v) is 59.7. The van der Waals surface area contributed by atoms with Crippen LogP contribution in [0, 0.1) is 29.5 Å². The molecule has 5 aliphatic rings. The number of nitrogens with one attached hydrogen (secondary N) is 4. The number of halogens is 4. The molecule has 98 heavy (non-hydrogen) atoms. The lowest BCUT2D eigenvalue weighted by molar-refractivity contribution is -0.150. The molecule has 1 aromatic rings. The van der Waals surface area contributed by atoms with Crippen LogP contribution in [-0.4, -0.2) is 239 Å². The van der Waals surface area contributed by atoms with Gasteiger partial charge in [0.25, 0.3) is 0 Å². The predicted molar refractivity (Wildman–Crippen MR) is 357 cm³/mol. The van der Waals surface area contributed by atoms with E-state index in [9.17, 15) is 56.3 Å². The first-order valence-electron chi connectivity index (χ1n) is 35.3. The number of fused-ring (bicyclic) bond motifs is 1. The molecule has 3 heterocycles. The lowest BCUT2D eigenvalue weighted by atomic mass is 9.84. The molecule has 1 spiro atoms. The molecule has 1 aromatic carbocycles. The molecule has 3 aliphatic heterocycles.